The molecule has 0 fully saturated rings. The van der Waals surface area contributed by atoms with E-state index in [-0.39, 0.29) is 17.2 Å². The molecule has 3 aromatic rings. The number of halogens is 5. The van der Waals surface area contributed by atoms with Crippen LogP contribution in [0.5, 0.6) is 0 Å². The van der Waals surface area contributed by atoms with Crippen molar-refractivity contribution in [2.75, 3.05) is 10.6 Å². The zero-order chi connectivity index (χ0) is 20.3. The molecule has 2 N–H and O–H groups in total. The van der Waals surface area contributed by atoms with E-state index in [4.69, 9.17) is 0 Å². The molecule has 0 aliphatic carbocycles. The van der Waals surface area contributed by atoms with E-state index in [0.29, 0.717) is 5.69 Å². The maximum Gasteiger partial charge on any atom is 0.416 e. The summed E-state index contributed by atoms with van der Waals surface area (Å²) >= 11 is 0. The van der Waals surface area contributed by atoms with Gasteiger partial charge < -0.3 is 10.6 Å². The van der Waals surface area contributed by atoms with Gasteiger partial charge in [0.1, 0.15) is 0 Å². The lowest BCUT2D eigenvalue weighted by atomic mass is 10.2. The first kappa shape index (κ1) is 19.2. The van der Waals surface area contributed by atoms with Crippen molar-refractivity contribution in [1.29, 1.82) is 0 Å². The molecule has 144 valence electrons. The zero-order valence-corrected chi connectivity index (χ0v) is 13.9. The summed E-state index contributed by atoms with van der Waals surface area (Å²) < 4.78 is 63.7. The van der Waals surface area contributed by atoms with Crippen LogP contribution in [0.4, 0.5) is 39.1 Å². The third-order valence-electron chi connectivity index (χ3n) is 3.56. The molecule has 0 saturated carbocycles. The molecule has 1 amide bonds. The Morgan fingerprint density at radius 1 is 0.821 bits per heavy atom. The van der Waals surface area contributed by atoms with Crippen molar-refractivity contribution < 1.29 is 26.7 Å². The summed E-state index contributed by atoms with van der Waals surface area (Å²) in [5, 5.41) is 12.5. The molecule has 1 aromatic heterocycles. The fourth-order valence-electron chi connectivity index (χ4n) is 2.18. The third-order valence-corrected chi connectivity index (χ3v) is 3.56. The Morgan fingerprint density at radius 3 is 2.07 bits per heavy atom. The van der Waals surface area contributed by atoms with Crippen molar-refractivity contribution >= 4 is 23.1 Å². The van der Waals surface area contributed by atoms with E-state index in [1.54, 1.807) is 0 Å². The van der Waals surface area contributed by atoms with Gasteiger partial charge in [-0.3, -0.25) is 4.79 Å². The highest BCUT2D eigenvalue weighted by Crippen LogP contribution is 2.30. The van der Waals surface area contributed by atoms with Gasteiger partial charge in [-0.25, -0.2) is 8.78 Å². The van der Waals surface area contributed by atoms with Crippen LogP contribution in [-0.4, -0.2) is 16.1 Å². The molecule has 5 nitrogen and oxygen atoms in total. The normalized spacial score (nSPS) is 11.2. The van der Waals surface area contributed by atoms with Crippen LogP contribution in [0.15, 0.2) is 54.6 Å². The van der Waals surface area contributed by atoms with E-state index < -0.39 is 29.3 Å². The Kier molecular flexibility index (Phi) is 5.21. The Balaban J connectivity index is 1.65. The molecule has 10 heteroatoms. The largest absolute Gasteiger partial charge is 0.416 e. The lowest BCUT2D eigenvalue weighted by molar-refractivity contribution is -0.137. The molecule has 0 spiro atoms. The van der Waals surface area contributed by atoms with Gasteiger partial charge in [0.15, 0.2) is 23.1 Å². The highest BCUT2D eigenvalue weighted by molar-refractivity contribution is 6.02. The first-order chi connectivity index (χ1) is 13.2. The Hall–Kier alpha value is -3.56. The van der Waals surface area contributed by atoms with E-state index in [9.17, 15) is 26.7 Å². The van der Waals surface area contributed by atoms with Crippen molar-refractivity contribution in [2.45, 2.75) is 6.18 Å². The van der Waals surface area contributed by atoms with Crippen LogP contribution in [0.1, 0.15) is 16.1 Å². The number of nitrogens with zero attached hydrogens (tertiary/aromatic N) is 2. The second-order valence-electron chi connectivity index (χ2n) is 5.59. The summed E-state index contributed by atoms with van der Waals surface area (Å²) in [4.78, 5) is 12.1. The summed E-state index contributed by atoms with van der Waals surface area (Å²) in [6.45, 7) is 0. The molecule has 0 aliphatic heterocycles. The summed E-state index contributed by atoms with van der Waals surface area (Å²) in [5.74, 6) is -2.65. The number of aromatic nitrogens is 2. The summed E-state index contributed by atoms with van der Waals surface area (Å²) in [5.41, 5.74) is -0.491. The van der Waals surface area contributed by atoms with Gasteiger partial charge in [0.05, 0.1) is 5.56 Å². The van der Waals surface area contributed by atoms with Gasteiger partial charge in [0, 0.05) is 17.4 Å². The molecule has 2 aromatic carbocycles. The van der Waals surface area contributed by atoms with Crippen LogP contribution >= 0.6 is 0 Å². The van der Waals surface area contributed by atoms with Crippen molar-refractivity contribution in [3.8, 4) is 0 Å². The minimum atomic E-state index is -4.43. The van der Waals surface area contributed by atoms with Crippen LogP contribution in [0, 0.1) is 11.6 Å². The van der Waals surface area contributed by atoms with Crippen LogP contribution in [0.25, 0.3) is 0 Å². The number of alkyl halides is 3. The molecule has 0 saturated heterocycles. The van der Waals surface area contributed by atoms with E-state index in [1.165, 1.54) is 30.3 Å². The number of carbonyl (C=O) groups is 1. The predicted octanol–water partition coefficient (Wildman–Crippen LogP) is 4.77. The number of carbonyl (C=O) groups excluding carboxylic acids is 1. The molecule has 1 heterocycles. The first-order valence-electron chi connectivity index (χ1n) is 7.77. The summed E-state index contributed by atoms with van der Waals surface area (Å²) in [6.07, 6.45) is -4.43. The monoisotopic (exact) mass is 394 g/mol. The quantitative estimate of drug-likeness (QED) is 0.626. The van der Waals surface area contributed by atoms with Crippen molar-refractivity contribution in [3.05, 3.63) is 77.5 Å². The predicted molar refractivity (Wildman–Crippen MR) is 91.1 cm³/mol. The SMILES string of the molecule is O=C(Nc1ccc(F)c(F)c1)c1ccc(Nc2ccc(C(F)(F)F)cc2)nn1. The zero-order valence-electron chi connectivity index (χ0n) is 13.9. The second kappa shape index (κ2) is 7.59. The average molecular weight is 394 g/mol. The lowest BCUT2D eigenvalue weighted by Crippen LogP contribution is -2.14. The molecule has 28 heavy (non-hydrogen) atoms. The van der Waals surface area contributed by atoms with Crippen molar-refractivity contribution in [1.82, 2.24) is 10.2 Å². The van der Waals surface area contributed by atoms with Crippen LogP contribution < -0.4 is 10.6 Å². The Bertz CT molecular complexity index is 988. The van der Waals surface area contributed by atoms with Gasteiger partial charge in [0.25, 0.3) is 5.91 Å². The van der Waals surface area contributed by atoms with E-state index in [1.807, 2.05) is 0 Å². The highest BCUT2D eigenvalue weighted by atomic mass is 19.4. The van der Waals surface area contributed by atoms with Crippen LogP contribution in [0.2, 0.25) is 0 Å². The molecule has 0 radical (unpaired) electrons. The number of nitrogens with one attached hydrogen (secondary N) is 2. The molecule has 0 bridgehead atoms. The van der Waals surface area contributed by atoms with Gasteiger partial charge in [-0.2, -0.15) is 13.2 Å². The maximum absolute atomic E-state index is 13.2. The number of hydrogen-bond donors (Lipinski definition) is 2. The molecule has 0 atom stereocenters. The lowest BCUT2D eigenvalue weighted by Gasteiger charge is -2.09. The number of anilines is 3. The van der Waals surface area contributed by atoms with E-state index in [2.05, 4.69) is 20.8 Å². The van der Waals surface area contributed by atoms with Gasteiger partial charge in [-0.15, -0.1) is 10.2 Å². The minimum absolute atomic E-state index is 0.0395. The molecule has 0 unspecified atom stereocenters. The fourth-order valence-corrected chi connectivity index (χ4v) is 2.18. The van der Waals surface area contributed by atoms with Crippen LogP contribution in [-0.2, 0) is 6.18 Å². The van der Waals surface area contributed by atoms with Gasteiger partial charge in [-0.1, -0.05) is 0 Å². The third kappa shape index (κ3) is 4.58. The molecule has 0 aliphatic rings. The summed E-state index contributed by atoms with van der Waals surface area (Å²) in [7, 11) is 0. The fraction of sp³-hybridized carbons (Fsp3) is 0.0556. The van der Waals surface area contributed by atoms with Crippen molar-refractivity contribution in [3.63, 3.8) is 0 Å². The molecular weight excluding hydrogens is 383 g/mol. The van der Waals surface area contributed by atoms with Gasteiger partial charge in [-0.05, 0) is 48.5 Å². The topological polar surface area (TPSA) is 66.9 Å². The van der Waals surface area contributed by atoms with Gasteiger partial charge in [0.2, 0.25) is 0 Å². The van der Waals surface area contributed by atoms with E-state index in [0.717, 1.165) is 24.3 Å². The first-order valence-corrected chi connectivity index (χ1v) is 7.77. The number of rotatable bonds is 4. The minimum Gasteiger partial charge on any atom is -0.339 e. The van der Waals surface area contributed by atoms with Crippen molar-refractivity contribution in [2.24, 2.45) is 0 Å². The number of amides is 1. The average Bonchev–Trinajstić information content (AvgIpc) is 2.65. The van der Waals surface area contributed by atoms with Gasteiger partial charge >= 0.3 is 6.18 Å². The summed E-state index contributed by atoms with van der Waals surface area (Å²) in [6, 6.07) is 9.87. The standard InChI is InChI=1S/C18H11F5N4O/c19-13-6-5-12(9-14(13)20)25-17(28)15-7-8-16(27-26-15)24-11-3-1-10(2-4-11)18(21,22)23/h1-9H,(H,24,27)(H,25,28). The number of benzene rings is 2. The molecular formula is C18H11F5N4O. The smallest absolute Gasteiger partial charge is 0.339 e. The maximum atomic E-state index is 13.2. The highest BCUT2D eigenvalue weighted by Gasteiger charge is 2.29. The second-order valence-corrected chi connectivity index (χ2v) is 5.59. The Labute approximate surface area is 155 Å². The Morgan fingerprint density at radius 2 is 1.50 bits per heavy atom. The van der Waals surface area contributed by atoms with E-state index >= 15 is 0 Å². The van der Waals surface area contributed by atoms with Crippen LogP contribution in [0.3, 0.4) is 0 Å². The number of hydrogen-bond acceptors (Lipinski definition) is 4. The molecule has 3 rings (SSSR count).